The number of ether oxygens (including phenoxy) is 3. The molecule has 0 saturated carbocycles. The Balaban J connectivity index is 4.13. The second-order valence-corrected chi connectivity index (χ2v) is 18.1. The summed E-state index contributed by atoms with van der Waals surface area (Å²) in [6.45, 7) is 6.46. The molecule has 0 aromatic rings. The lowest BCUT2D eigenvalue weighted by Crippen LogP contribution is -2.30. The summed E-state index contributed by atoms with van der Waals surface area (Å²) < 4.78 is 16.7. The number of unbranched alkanes of at least 4 members (excludes halogenated alkanes) is 28. The summed E-state index contributed by atoms with van der Waals surface area (Å²) >= 11 is 0. The van der Waals surface area contributed by atoms with Gasteiger partial charge in [0.2, 0.25) is 0 Å². The van der Waals surface area contributed by atoms with Crippen LogP contribution in [0.15, 0.2) is 60.8 Å². The quantitative estimate of drug-likeness (QED) is 0.0262. The standard InChI is InChI=1S/C58H102O6/c1-4-7-10-13-15-17-19-21-23-25-27-28-29-30-31-33-34-36-38-40-42-45-48-51-57(60)63-54-55(53-62-56(59)50-47-44-12-9-6-3)64-58(61)52-49-46-43-41-39-37-35-32-26-24-22-20-18-16-14-11-8-5-2/h7,10,15,17,21,23,27-28,30-31,55H,4-6,8-9,11-14,16,18-20,22,24-26,29,32-54H2,1-3H3/b10-7-,17-15-,23-21-,28-27-,31-30-. The van der Waals surface area contributed by atoms with Crippen LogP contribution in [0.4, 0.5) is 0 Å². The average molecular weight is 895 g/mol. The van der Waals surface area contributed by atoms with E-state index in [1.807, 2.05) is 0 Å². The molecule has 0 radical (unpaired) electrons. The molecule has 0 saturated heterocycles. The van der Waals surface area contributed by atoms with Gasteiger partial charge in [-0.1, -0.05) is 248 Å². The fourth-order valence-electron chi connectivity index (χ4n) is 7.70. The van der Waals surface area contributed by atoms with Gasteiger partial charge in [0.15, 0.2) is 6.10 Å². The second kappa shape index (κ2) is 52.7. The van der Waals surface area contributed by atoms with Gasteiger partial charge < -0.3 is 14.2 Å². The topological polar surface area (TPSA) is 78.9 Å². The van der Waals surface area contributed by atoms with Gasteiger partial charge in [0.05, 0.1) is 0 Å². The molecular weight excluding hydrogens is 793 g/mol. The van der Waals surface area contributed by atoms with Gasteiger partial charge in [-0.05, 0) is 64.2 Å². The predicted molar refractivity (Wildman–Crippen MR) is 275 cm³/mol. The first-order chi connectivity index (χ1) is 31.5. The van der Waals surface area contributed by atoms with Gasteiger partial charge in [-0.3, -0.25) is 14.4 Å². The van der Waals surface area contributed by atoms with Crippen LogP contribution in [0.25, 0.3) is 0 Å². The molecular formula is C58H102O6. The van der Waals surface area contributed by atoms with Crippen molar-refractivity contribution in [3.05, 3.63) is 60.8 Å². The Morgan fingerprint density at radius 2 is 0.609 bits per heavy atom. The highest BCUT2D eigenvalue weighted by atomic mass is 16.6. The fourth-order valence-corrected chi connectivity index (χ4v) is 7.70. The van der Waals surface area contributed by atoms with Crippen LogP contribution in [-0.2, 0) is 28.6 Å². The molecule has 1 atom stereocenters. The molecule has 0 amide bonds. The van der Waals surface area contributed by atoms with Crippen LogP contribution >= 0.6 is 0 Å². The van der Waals surface area contributed by atoms with Gasteiger partial charge in [0.25, 0.3) is 0 Å². The van der Waals surface area contributed by atoms with Gasteiger partial charge in [0, 0.05) is 19.3 Å². The normalized spacial score (nSPS) is 12.5. The minimum absolute atomic E-state index is 0.0764. The summed E-state index contributed by atoms with van der Waals surface area (Å²) in [5, 5.41) is 0. The molecule has 0 rings (SSSR count). The molecule has 6 nitrogen and oxygen atoms in total. The highest BCUT2D eigenvalue weighted by Gasteiger charge is 2.19. The van der Waals surface area contributed by atoms with Crippen molar-refractivity contribution < 1.29 is 28.6 Å². The van der Waals surface area contributed by atoms with E-state index in [4.69, 9.17) is 14.2 Å². The van der Waals surface area contributed by atoms with Crippen LogP contribution < -0.4 is 0 Å². The second-order valence-electron chi connectivity index (χ2n) is 18.1. The van der Waals surface area contributed by atoms with E-state index in [0.717, 1.165) is 103 Å². The van der Waals surface area contributed by atoms with Crippen LogP contribution in [0.3, 0.4) is 0 Å². The molecule has 0 aromatic carbocycles. The number of allylic oxidation sites excluding steroid dienone is 10. The fraction of sp³-hybridized carbons (Fsp3) is 0.776. The van der Waals surface area contributed by atoms with Gasteiger partial charge in [-0.2, -0.15) is 0 Å². The van der Waals surface area contributed by atoms with Crippen LogP contribution in [0.1, 0.15) is 271 Å². The third-order valence-electron chi connectivity index (χ3n) is 11.8. The lowest BCUT2D eigenvalue weighted by atomic mass is 10.0. The van der Waals surface area contributed by atoms with Crippen molar-refractivity contribution in [1.29, 1.82) is 0 Å². The van der Waals surface area contributed by atoms with Crippen LogP contribution in [-0.4, -0.2) is 37.2 Å². The van der Waals surface area contributed by atoms with Crippen molar-refractivity contribution >= 4 is 17.9 Å². The highest BCUT2D eigenvalue weighted by molar-refractivity contribution is 5.71. The minimum Gasteiger partial charge on any atom is -0.462 e. The zero-order chi connectivity index (χ0) is 46.5. The van der Waals surface area contributed by atoms with Crippen molar-refractivity contribution in [2.45, 2.75) is 277 Å². The summed E-state index contributed by atoms with van der Waals surface area (Å²) in [5.41, 5.74) is 0. The molecule has 64 heavy (non-hydrogen) atoms. The highest BCUT2D eigenvalue weighted by Crippen LogP contribution is 2.16. The largest absolute Gasteiger partial charge is 0.462 e. The van der Waals surface area contributed by atoms with Crippen LogP contribution in [0, 0.1) is 0 Å². The van der Waals surface area contributed by atoms with E-state index in [2.05, 4.69) is 81.5 Å². The van der Waals surface area contributed by atoms with Crippen molar-refractivity contribution in [2.75, 3.05) is 13.2 Å². The van der Waals surface area contributed by atoms with E-state index in [-0.39, 0.29) is 31.1 Å². The van der Waals surface area contributed by atoms with Crippen molar-refractivity contribution in [3.63, 3.8) is 0 Å². The number of hydrogen-bond acceptors (Lipinski definition) is 6. The Kier molecular flexibility index (Phi) is 50.4. The van der Waals surface area contributed by atoms with Crippen LogP contribution in [0.2, 0.25) is 0 Å². The van der Waals surface area contributed by atoms with E-state index in [0.29, 0.717) is 19.3 Å². The molecule has 0 aliphatic carbocycles. The number of hydrogen-bond donors (Lipinski definition) is 0. The third-order valence-corrected chi connectivity index (χ3v) is 11.8. The van der Waals surface area contributed by atoms with Crippen LogP contribution in [0.5, 0.6) is 0 Å². The summed E-state index contributed by atoms with van der Waals surface area (Å²) in [5.74, 6) is -0.892. The number of carbonyl (C=O) groups excluding carboxylic acids is 3. The zero-order valence-electron chi connectivity index (χ0n) is 42.3. The van der Waals surface area contributed by atoms with Crippen molar-refractivity contribution in [2.24, 2.45) is 0 Å². The third kappa shape index (κ3) is 50.1. The first-order valence-corrected chi connectivity index (χ1v) is 27.3. The maximum absolute atomic E-state index is 12.8. The minimum atomic E-state index is -0.773. The van der Waals surface area contributed by atoms with E-state index >= 15 is 0 Å². The van der Waals surface area contributed by atoms with E-state index in [1.54, 1.807) is 0 Å². The monoisotopic (exact) mass is 895 g/mol. The number of esters is 3. The smallest absolute Gasteiger partial charge is 0.306 e. The molecule has 0 aliphatic rings. The van der Waals surface area contributed by atoms with Gasteiger partial charge in [-0.15, -0.1) is 0 Å². The van der Waals surface area contributed by atoms with Gasteiger partial charge >= 0.3 is 17.9 Å². The van der Waals surface area contributed by atoms with Crippen molar-refractivity contribution in [1.82, 2.24) is 0 Å². The molecule has 0 aromatic heterocycles. The average Bonchev–Trinajstić information content (AvgIpc) is 3.29. The summed E-state index contributed by atoms with van der Waals surface area (Å²) in [6.07, 6.45) is 65.3. The molecule has 1 unspecified atom stereocenters. The molecule has 0 fully saturated rings. The van der Waals surface area contributed by atoms with E-state index < -0.39 is 6.10 Å². The molecule has 0 heterocycles. The Bertz CT molecular complexity index is 1170. The Morgan fingerprint density at radius 1 is 0.328 bits per heavy atom. The Morgan fingerprint density at radius 3 is 0.953 bits per heavy atom. The number of carbonyl (C=O) groups is 3. The molecule has 370 valence electrons. The maximum atomic E-state index is 12.8. The maximum Gasteiger partial charge on any atom is 0.306 e. The SMILES string of the molecule is CC/C=C\C/C=C\C/C=C\C/C=C\C/C=C\CCCCCCCCCC(=O)OCC(COC(=O)CCCCCCC)OC(=O)CCCCCCCCCCCCCCCCCCCC. The summed E-state index contributed by atoms with van der Waals surface area (Å²) in [7, 11) is 0. The molecule has 0 N–H and O–H groups in total. The van der Waals surface area contributed by atoms with Gasteiger partial charge in [0.1, 0.15) is 13.2 Å². The molecule has 6 heteroatoms. The predicted octanol–water partition coefficient (Wildman–Crippen LogP) is 18.0. The first kappa shape index (κ1) is 61.1. The summed E-state index contributed by atoms with van der Waals surface area (Å²) in [4.78, 5) is 37.7. The first-order valence-electron chi connectivity index (χ1n) is 27.3. The number of rotatable bonds is 49. The lowest BCUT2D eigenvalue weighted by molar-refractivity contribution is -0.167. The van der Waals surface area contributed by atoms with Gasteiger partial charge in [-0.25, -0.2) is 0 Å². The van der Waals surface area contributed by atoms with E-state index in [1.165, 1.54) is 128 Å². The molecule has 0 spiro atoms. The molecule has 0 aliphatic heterocycles. The van der Waals surface area contributed by atoms with Crippen molar-refractivity contribution in [3.8, 4) is 0 Å². The Hall–Kier alpha value is -2.89. The zero-order valence-corrected chi connectivity index (χ0v) is 42.3. The Labute approximate surface area is 396 Å². The lowest BCUT2D eigenvalue weighted by Gasteiger charge is -2.18. The summed E-state index contributed by atoms with van der Waals surface area (Å²) in [6, 6.07) is 0. The van der Waals surface area contributed by atoms with E-state index in [9.17, 15) is 14.4 Å². The molecule has 0 bridgehead atoms.